The monoisotopic (exact) mass is 210 g/mol. The molecule has 6 nitrogen and oxygen atoms in total. The molecule has 2 rings (SSSR count). The van der Waals surface area contributed by atoms with Crippen LogP contribution >= 0.6 is 0 Å². The lowest BCUT2D eigenvalue weighted by Gasteiger charge is -2.14. The van der Waals surface area contributed by atoms with E-state index in [0.29, 0.717) is 12.2 Å². The van der Waals surface area contributed by atoms with Crippen LogP contribution in [-0.4, -0.2) is 21.3 Å². The fourth-order valence-corrected chi connectivity index (χ4v) is 1.43. The predicted molar refractivity (Wildman–Crippen MR) is 51.2 cm³/mol. The molecule has 0 spiro atoms. The average Bonchev–Trinajstić information content (AvgIpc) is 2.66. The zero-order chi connectivity index (χ0) is 10.8. The molecule has 80 valence electrons. The van der Waals surface area contributed by atoms with Gasteiger partial charge in [-0.05, 0) is 6.08 Å². The van der Waals surface area contributed by atoms with Crippen molar-refractivity contribution in [1.29, 1.82) is 0 Å². The number of hydrogen-bond acceptors (Lipinski definition) is 4. The van der Waals surface area contributed by atoms with Gasteiger partial charge < -0.3 is 9.84 Å². The van der Waals surface area contributed by atoms with Gasteiger partial charge >= 0.3 is 5.69 Å². The minimum Gasteiger partial charge on any atom is -0.472 e. The Morgan fingerprint density at radius 2 is 2.40 bits per heavy atom. The molecule has 0 saturated carbocycles. The van der Waals surface area contributed by atoms with Gasteiger partial charge in [-0.1, -0.05) is 0 Å². The largest absolute Gasteiger partial charge is 0.472 e. The van der Waals surface area contributed by atoms with Crippen LogP contribution in [0.15, 0.2) is 33.7 Å². The van der Waals surface area contributed by atoms with Crippen LogP contribution in [0.25, 0.3) is 0 Å². The Balaban J connectivity index is 2.26. The highest BCUT2D eigenvalue weighted by molar-refractivity contribution is 5.01. The van der Waals surface area contributed by atoms with E-state index in [9.17, 15) is 9.59 Å². The van der Waals surface area contributed by atoms with Crippen LogP contribution in [0.5, 0.6) is 0 Å². The standard InChI is InChI=1S/C9H10N2O4/c12-5-6-1-2-8(15-6)11-4-3-7(13)10-9(11)14/h1,3-4,8,12H,2,5H2,(H,10,13,14)/t8-/m1/s1. The van der Waals surface area contributed by atoms with E-state index in [4.69, 9.17) is 9.84 Å². The van der Waals surface area contributed by atoms with Crippen LogP contribution in [-0.2, 0) is 4.74 Å². The summed E-state index contributed by atoms with van der Waals surface area (Å²) in [5, 5.41) is 8.81. The van der Waals surface area contributed by atoms with Gasteiger partial charge in [0.25, 0.3) is 5.56 Å². The summed E-state index contributed by atoms with van der Waals surface area (Å²) in [7, 11) is 0. The lowest BCUT2D eigenvalue weighted by Crippen LogP contribution is -2.31. The fourth-order valence-electron chi connectivity index (χ4n) is 1.43. The van der Waals surface area contributed by atoms with Gasteiger partial charge in [0.2, 0.25) is 0 Å². The first-order valence-corrected chi connectivity index (χ1v) is 4.49. The zero-order valence-corrected chi connectivity index (χ0v) is 7.84. The lowest BCUT2D eigenvalue weighted by atomic mass is 10.3. The van der Waals surface area contributed by atoms with Gasteiger partial charge in [0.05, 0.1) is 0 Å². The maximum absolute atomic E-state index is 11.4. The summed E-state index contributed by atoms with van der Waals surface area (Å²) in [5.41, 5.74) is -0.954. The number of hydrogen-bond donors (Lipinski definition) is 2. The van der Waals surface area contributed by atoms with Gasteiger partial charge in [0.15, 0.2) is 6.23 Å². The summed E-state index contributed by atoms with van der Waals surface area (Å²) in [6, 6.07) is 1.25. The molecule has 0 amide bonds. The van der Waals surface area contributed by atoms with Gasteiger partial charge in [-0.2, -0.15) is 0 Å². The molecule has 0 radical (unpaired) electrons. The summed E-state index contributed by atoms with van der Waals surface area (Å²) in [6.45, 7) is -0.186. The van der Waals surface area contributed by atoms with E-state index in [1.807, 2.05) is 0 Å². The molecule has 0 aliphatic carbocycles. The molecular formula is C9H10N2O4. The highest BCUT2D eigenvalue weighted by atomic mass is 16.5. The Morgan fingerprint density at radius 3 is 3.00 bits per heavy atom. The molecule has 0 bridgehead atoms. The number of ether oxygens (including phenoxy) is 1. The SMILES string of the molecule is O=c1ccn([C@H]2CC=C(CO)O2)c(=O)[nH]1. The third-order valence-corrected chi connectivity index (χ3v) is 2.15. The minimum absolute atomic E-state index is 0.186. The lowest BCUT2D eigenvalue weighted by molar-refractivity contribution is 0.0591. The van der Waals surface area contributed by atoms with Crippen LogP contribution in [0.2, 0.25) is 0 Å². The van der Waals surface area contributed by atoms with Gasteiger partial charge in [-0.3, -0.25) is 14.3 Å². The smallest absolute Gasteiger partial charge is 0.331 e. The van der Waals surface area contributed by atoms with Crippen molar-refractivity contribution in [1.82, 2.24) is 9.55 Å². The van der Waals surface area contributed by atoms with Crippen LogP contribution in [0.1, 0.15) is 12.6 Å². The molecule has 1 atom stereocenters. The van der Waals surface area contributed by atoms with E-state index < -0.39 is 17.5 Å². The first-order chi connectivity index (χ1) is 7.20. The first kappa shape index (κ1) is 9.72. The molecule has 1 aromatic heterocycles. The third kappa shape index (κ3) is 1.84. The molecular weight excluding hydrogens is 200 g/mol. The van der Waals surface area contributed by atoms with Gasteiger partial charge in [0.1, 0.15) is 12.4 Å². The molecule has 0 saturated heterocycles. The highest BCUT2D eigenvalue weighted by Gasteiger charge is 2.19. The summed E-state index contributed by atoms with van der Waals surface area (Å²) < 4.78 is 6.55. The number of nitrogens with zero attached hydrogens (tertiary/aromatic N) is 1. The van der Waals surface area contributed by atoms with E-state index in [2.05, 4.69) is 4.98 Å². The number of rotatable bonds is 2. The molecule has 0 fully saturated rings. The van der Waals surface area contributed by atoms with E-state index in [1.165, 1.54) is 16.8 Å². The van der Waals surface area contributed by atoms with Crippen LogP contribution in [0, 0.1) is 0 Å². The molecule has 1 aromatic rings. The second kappa shape index (κ2) is 3.74. The van der Waals surface area contributed by atoms with Crippen molar-refractivity contribution in [2.45, 2.75) is 12.6 Å². The van der Waals surface area contributed by atoms with E-state index in [1.54, 1.807) is 6.08 Å². The average molecular weight is 210 g/mol. The molecule has 2 heterocycles. The second-order valence-electron chi connectivity index (χ2n) is 3.15. The Kier molecular flexibility index (Phi) is 2.42. The van der Waals surface area contributed by atoms with Crippen molar-refractivity contribution >= 4 is 0 Å². The van der Waals surface area contributed by atoms with Crippen LogP contribution in [0.3, 0.4) is 0 Å². The normalized spacial score (nSPS) is 19.8. The van der Waals surface area contributed by atoms with Gasteiger partial charge in [-0.15, -0.1) is 0 Å². The van der Waals surface area contributed by atoms with Crippen LogP contribution in [0.4, 0.5) is 0 Å². The molecule has 6 heteroatoms. The third-order valence-electron chi connectivity index (χ3n) is 2.15. The number of aliphatic hydroxyl groups is 1. The second-order valence-corrected chi connectivity index (χ2v) is 3.15. The molecule has 15 heavy (non-hydrogen) atoms. The zero-order valence-electron chi connectivity index (χ0n) is 7.84. The molecule has 2 N–H and O–H groups in total. The van der Waals surface area contributed by atoms with Gasteiger partial charge in [-0.25, -0.2) is 4.79 Å². The first-order valence-electron chi connectivity index (χ1n) is 4.49. The Morgan fingerprint density at radius 1 is 1.60 bits per heavy atom. The van der Waals surface area contributed by atoms with E-state index >= 15 is 0 Å². The Hall–Kier alpha value is -1.82. The maximum atomic E-state index is 11.4. The van der Waals surface area contributed by atoms with Crippen molar-refractivity contribution in [2.75, 3.05) is 6.61 Å². The van der Waals surface area contributed by atoms with Crippen LogP contribution < -0.4 is 11.2 Å². The number of aromatic nitrogens is 2. The van der Waals surface area contributed by atoms with Crippen molar-refractivity contribution in [3.05, 3.63) is 44.9 Å². The molecule has 1 aliphatic heterocycles. The summed E-state index contributed by atoms with van der Waals surface area (Å²) in [5.74, 6) is 0.443. The Labute approximate surface area is 84.4 Å². The topological polar surface area (TPSA) is 84.3 Å². The van der Waals surface area contributed by atoms with Crippen molar-refractivity contribution in [3.63, 3.8) is 0 Å². The highest BCUT2D eigenvalue weighted by Crippen LogP contribution is 2.23. The number of aliphatic hydroxyl groups excluding tert-OH is 1. The van der Waals surface area contributed by atoms with Crippen molar-refractivity contribution < 1.29 is 9.84 Å². The fraction of sp³-hybridized carbons (Fsp3) is 0.333. The van der Waals surface area contributed by atoms with Gasteiger partial charge in [0, 0.05) is 18.7 Å². The summed E-state index contributed by atoms with van der Waals surface area (Å²) >= 11 is 0. The number of aromatic amines is 1. The predicted octanol–water partition coefficient (Wildman–Crippen LogP) is -0.668. The summed E-state index contributed by atoms with van der Waals surface area (Å²) in [6.07, 6.45) is 3.11. The molecule has 1 aliphatic rings. The maximum Gasteiger partial charge on any atom is 0.331 e. The van der Waals surface area contributed by atoms with E-state index in [-0.39, 0.29) is 6.61 Å². The van der Waals surface area contributed by atoms with Crippen molar-refractivity contribution in [2.24, 2.45) is 0 Å². The molecule has 0 unspecified atom stereocenters. The molecule has 0 aromatic carbocycles. The summed E-state index contributed by atoms with van der Waals surface area (Å²) in [4.78, 5) is 24.3. The number of H-pyrrole nitrogens is 1. The van der Waals surface area contributed by atoms with E-state index in [0.717, 1.165) is 0 Å². The van der Waals surface area contributed by atoms with Crippen molar-refractivity contribution in [3.8, 4) is 0 Å². The Bertz CT molecular complexity index is 499. The quantitative estimate of drug-likeness (QED) is 0.678. The number of nitrogens with one attached hydrogen (secondary N) is 1. The minimum atomic E-state index is -0.514.